The van der Waals surface area contributed by atoms with Crippen LogP contribution >= 0.6 is 203 Å². The van der Waals surface area contributed by atoms with E-state index in [2.05, 4.69) is 154 Å². The van der Waals surface area contributed by atoms with Gasteiger partial charge < -0.3 is 59.2 Å². The van der Waals surface area contributed by atoms with Crippen molar-refractivity contribution in [3.05, 3.63) is 0 Å². The molecule has 0 aromatic rings. The smallest absolute Gasteiger partial charge is 0.305 e. The Bertz CT molecular complexity index is 790. The monoisotopic (exact) mass is 2350 g/mol. The third kappa shape index (κ3) is 72.1. The standard InChI is InChI=1S/C13H24INO7.C11H23NO6.I7.I6/c14-11-12(16)15-2-4-20-6-8-22-10-9-21-7-5-19-3-1-13(17)18;12-2-4-16-6-8-18-10-9-17-7-5-15-3-1-11(13)14;1-5-7(4)6(2)3;1-5(2)6(3)4/h1-11H2,(H,15,16)(H,17,18);1-10,12H2,(H,13,14);;/q;;-1;. The molecule has 0 aliphatic rings. The van der Waals surface area contributed by atoms with Gasteiger partial charge >= 0.3 is 206 Å². The molecule has 0 bridgehead atoms. The maximum Gasteiger partial charge on any atom is 0.305 e. The Labute approximate surface area is 432 Å². The van der Waals surface area contributed by atoms with E-state index in [0.29, 0.717) is 123 Å². The predicted molar refractivity (Wildman–Crippen MR) is 320 cm³/mol. The Morgan fingerprint density at radius 1 is 0.528 bits per heavy atom. The number of carboxylic acid groups (broad SMARTS) is 2. The number of halogens is 14. The molecule has 29 heteroatoms. The van der Waals surface area contributed by atoms with Crippen LogP contribution in [0.2, 0.25) is 0 Å². The van der Waals surface area contributed by atoms with Crippen molar-refractivity contribution in [2.75, 3.05) is 123 Å². The number of aliphatic carboxylic acids is 2. The molecule has 0 radical (unpaired) electrons. The van der Waals surface area contributed by atoms with Gasteiger partial charge in [-0.1, -0.05) is 22.6 Å². The molecule has 0 aliphatic heterocycles. The average Bonchev–Trinajstić information content (AvgIpc) is 3.11. The second-order valence-electron chi connectivity index (χ2n) is 8.16. The number of hydrogen-bond acceptors (Lipinski definition) is 12. The van der Waals surface area contributed by atoms with Gasteiger partial charge in [-0.05, 0) is 0 Å². The summed E-state index contributed by atoms with van der Waals surface area (Å²) >= 11 is 24.0. The first-order valence-corrected chi connectivity index (χ1v) is 85.3. The molecule has 0 aromatic carbocycles. The van der Waals surface area contributed by atoms with Gasteiger partial charge in [0.05, 0.1) is 123 Å². The number of carbonyl (C=O) groups excluding carboxylic acids is 1. The van der Waals surface area contributed by atoms with Gasteiger partial charge in [-0.3, -0.25) is 14.4 Å². The SMILES string of the molecule is II(I)I(I)I.I[I-]I(I)I(I)I.NCCOCCOCCOCCOCCC(=O)O.O=C(O)CCOCCOCCOCCOCCNC(=O)CI. The topological polar surface area (TPSA) is 204 Å². The van der Waals surface area contributed by atoms with E-state index in [4.69, 9.17) is 53.8 Å². The van der Waals surface area contributed by atoms with Gasteiger partial charge in [-0.25, -0.2) is 0 Å². The minimum atomic E-state index is -0.871. The van der Waals surface area contributed by atoms with Crippen molar-refractivity contribution >= 4 is 221 Å². The van der Waals surface area contributed by atoms with Crippen LogP contribution in [0.1, 0.15) is 12.8 Å². The van der Waals surface area contributed by atoms with Crippen LogP contribution in [0.4, 0.5) is 0 Å². The van der Waals surface area contributed by atoms with E-state index in [-0.39, 0.29) is 63.5 Å². The van der Waals surface area contributed by atoms with Crippen LogP contribution in [-0.4, -0.2) is 151 Å². The number of nitrogens with two attached hydrogens (primary N) is 1. The second-order valence-corrected chi connectivity index (χ2v) is 220. The molecule has 0 saturated carbocycles. The number of alkyl halides is 1. The summed E-state index contributed by atoms with van der Waals surface area (Å²) in [7, 11) is -1.12. The minimum Gasteiger partial charge on any atom is -0.481 e. The third-order valence-electron chi connectivity index (χ3n) is 4.31. The van der Waals surface area contributed by atoms with Crippen LogP contribution in [0.5, 0.6) is 0 Å². The zero-order chi connectivity index (χ0) is 41.0. The normalized spacial score (nSPS) is 11.5. The molecule has 5 N–H and O–H groups in total. The summed E-state index contributed by atoms with van der Waals surface area (Å²) in [5, 5.41) is 19.4. The van der Waals surface area contributed by atoms with Crippen LogP contribution in [0.15, 0.2) is 0 Å². The van der Waals surface area contributed by atoms with E-state index in [1.54, 1.807) is 0 Å². The van der Waals surface area contributed by atoms with Crippen LogP contribution in [0.3, 0.4) is 0 Å². The number of hydrogen-bond donors (Lipinski definition) is 4. The Balaban J connectivity index is -0.000000343. The maximum absolute atomic E-state index is 10.9. The van der Waals surface area contributed by atoms with E-state index < -0.39 is 11.9 Å². The molecule has 0 aromatic heterocycles. The first-order valence-electron chi connectivity index (χ1n) is 14.6. The Morgan fingerprint density at radius 2 is 0.830 bits per heavy atom. The molecule has 1 amide bonds. The van der Waals surface area contributed by atoms with Crippen molar-refractivity contribution in [3.8, 4) is 0 Å². The van der Waals surface area contributed by atoms with Gasteiger partial charge in [0, 0.05) is 13.1 Å². The molecule has 0 fully saturated rings. The number of ether oxygens (including phenoxy) is 8. The van der Waals surface area contributed by atoms with Gasteiger partial charge in [-0.2, -0.15) is 0 Å². The molecule has 0 atom stereocenters. The summed E-state index contributed by atoms with van der Waals surface area (Å²) in [5.41, 5.74) is 5.25. The Morgan fingerprint density at radius 3 is 1.06 bits per heavy atom. The number of carboxylic acids is 2. The molecule has 330 valence electrons. The fourth-order valence-corrected chi connectivity index (χ4v) is 212. The van der Waals surface area contributed by atoms with E-state index in [1.807, 2.05) is 22.6 Å². The molecule has 15 nitrogen and oxygen atoms in total. The van der Waals surface area contributed by atoms with Crippen molar-refractivity contribution < 1.29 is 75.7 Å². The average molecular weight is 2350 g/mol. The molecular weight excluding hydrogens is 2300 g/mol. The van der Waals surface area contributed by atoms with Crippen LogP contribution < -0.4 is 24.3 Å². The summed E-state index contributed by atoms with van der Waals surface area (Å²) in [6.45, 7) is 7.98. The summed E-state index contributed by atoms with van der Waals surface area (Å²) in [4.78, 5) is 31.3. The molecule has 53 heavy (non-hydrogen) atoms. The first-order chi connectivity index (χ1) is 25.3. The predicted octanol–water partition coefficient (Wildman–Crippen LogP) is 7.20. The largest absolute Gasteiger partial charge is 0.481 e. The van der Waals surface area contributed by atoms with Gasteiger partial charge in [0.2, 0.25) is 5.91 Å². The van der Waals surface area contributed by atoms with Crippen molar-refractivity contribution in [3.63, 3.8) is 0 Å². The summed E-state index contributed by atoms with van der Waals surface area (Å²) < 4.78 is 41.9. The minimum absolute atomic E-state index is 0.00420. The van der Waals surface area contributed by atoms with E-state index >= 15 is 0 Å². The molecule has 0 saturated heterocycles. The molecule has 0 unspecified atom stereocenters. The van der Waals surface area contributed by atoms with Gasteiger partial charge in [0.1, 0.15) is 0 Å². The first kappa shape index (κ1) is 67.9. The molecule has 0 rings (SSSR count). The maximum atomic E-state index is 10.9. The summed E-state index contributed by atoms with van der Waals surface area (Å²) in [5.74, 6) is -1.73. The number of carbonyl (C=O) groups is 3. The number of rotatable bonds is 33. The summed E-state index contributed by atoms with van der Waals surface area (Å²) in [6, 6.07) is 0. The zero-order valence-electron chi connectivity index (χ0n) is 28.1. The van der Waals surface area contributed by atoms with E-state index in [0.717, 1.165) is 0 Å². The van der Waals surface area contributed by atoms with Gasteiger partial charge in [0.25, 0.3) is 0 Å². The third-order valence-corrected chi connectivity index (χ3v) is 418. The molecule has 0 heterocycles. The number of amides is 1. The van der Waals surface area contributed by atoms with E-state index in [9.17, 15) is 14.4 Å². The van der Waals surface area contributed by atoms with Crippen molar-refractivity contribution in [1.82, 2.24) is 5.32 Å². The van der Waals surface area contributed by atoms with Crippen molar-refractivity contribution in [2.45, 2.75) is 12.8 Å². The van der Waals surface area contributed by atoms with E-state index in [1.165, 1.54) is 0 Å². The number of nitrogens with one attached hydrogen (secondary N) is 1. The Kier molecular flexibility index (Phi) is 74.6. The molecule has 0 aliphatic carbocycles. The molecular formula is C24H47I14N2O13-. The van der Waals surface area contributed by atoms with Crippen LogP contribution in [0.25, 0.3) is 0 Å². The van der Waals surface area contributed by atoms with Crippen molar-refractivity contribution in [1.29, 1.82) is 0 Å². The zero-order valence-corrected chi connectivity index (χ0v) is 58.3. The van der Waals surface area contributed by atoms with Crippen molar-refractivity contribution in [2.24, 2.45) is 5.73 Å². The second kappa shape index (κ2) is 58.3. The Hall–Kier alpha value is 8.27. The summed E-state index contributed by atoms with van der Waals surface area (Å²) in [6.07, 6.45) is 0.0246. The molecule has 0 spiro atoms. The van der Waals surface area contributed by atoms with Crippen LogP contribution in [0, 0.1) is 0 Å². The van der Waals surface area contributed by atoms with Gasteiger partial charge in [-0.15, -0.1) is 0 Å². The fraction of sp³-hybridized carbons (Fsp3) is 0.875. The van der Waals surface area contributed by atoms with Crippen LogP contribution in [-0.2, 0) is 52.3 Å². The van der Waals surface area contributed by atoms with Gasteiger partial charge in [0.15, 0.2) is 0 Å². The quantitative estimate of drug-likeness (QED) is 0.0292. The fourth-order valence-electron chi connectivity index (χ4n) is 2.25.